The van der Waals surface area contributed by atoms with Crippen molar-refractivity contribution in [2.45, 2.75) is 58.6 Å². The minimum Gasteiger partial charge on any atom is -0.444 e. The number of ether oxygens (including phenoxy) is 1. The molecule has 0 aromatic carbocycles. The van der Waals surface area contributed by atoms with Gasteiger partial charge < -0.3 is 15.0 Å². The summed E-state index contributed by atoms with van der Waals surface area (Å²) in [5, 5.41) is 9.28. The van der Waals surface area contributed by atoms with E-state index in [-0.39, 0.29) is 11.6 Å². The van der Waals surface area contributed by atoms with Crippen molar-refractivity contribution in [3.8, 4) is 0 Å². The first-order valence-electron chi connectivity index (χ1n) is 8.50. The molecule has 0 bridgehead atoms. The standard InChI is InChI=1S/C18H32N4O2S/c1-8-15(25-19)21-13(2)20-10-9-14-11-18(6,7)22(12-14)16(23)24-17(3,4)5/h8,14,20H,1-2,9-12,19H2,3-7H3/b21-15+. The van der Waals surface area contributed by atoms with Gasteiger partial charge in [-0.2, -0.15) is 0 Å². The predicted octanol–water partition coefficient (Wildman–Crippen LogP) is 3.66. The van der Waals surface area contributed by atoms with E-state index in [0.717, 1.165) is 31.3 Å². The number of nitrogens with one attached hydrogen (secondary N) is 1. The van der Waals surface area contributed by atoms with Crippen molar-refractivity contribution in [1.29, 1.82) is 0 Å². The topological polar surface area (TPSA) is 80.0 Å². The Balaban J connectivity index is 2.52. The third-order valence-electron chi connectivity index (χ3n) is 4.00. The molecular weight excluding hydrogens is 336 g/mol. The SMILES string of the molecule is C=C/C(=N\C(=C)NCCC1CN(C(=O)OC(C)(C)C)C(C)(C)C1)SN. The summed E-state index contributed by atoms with van der Waals surface area (Å²) in [6, 6.07) is 0. The predicted molar refractivity (Wildman–Crippen MR) is 106 cm³/mol. The van der Waals surface area contributed by atoms with Gasteiger partial charge in [0.25, 0.3) is 0 Å². The fraction of sp³-hybridized carbons (Fsp3) is 0.667. The monoisotopic (exact) mass is 368 g/mol. The Morgan fingerprint density at radius 2 is 2.16 bits per heavy atom. The molecule has 0 aromatic rings. The molecule has 3 N–H and O–H groups in total. The first kappa shape index (κ1) is 21.6. The first-order chi connectivity index (χ1) is 11.5. The summed E-state index contributed by atoms with van der Waals surface area (Å²) >= 11 is 1.04. The second kappa shape index (κ2) is 8.76. The Hall–Kier alpha value is -1.47. The van der Waals surface area contributed by atoms with E-state index in [1.807, 2.05) is 25.7 Å². The van der Waals surface area contributed by atoms with Crippen LogP contribution >= 0.6 is 11.9 Å². The van der Waals surface area contributed by atoms with Crippen LogP contribution in [0, 0.1) is 5.92 Å². The molecule has 6 nitrogen and oxygen atoms in total. The highest BCUT2D eigenvalue weighted by molar-refractivity contribution is 8.12. The highest BCUT2D eigenvalue weighted by atomic mass is 32.2. The van der Waals surface area contributed by atoms with Crippen LogP contribution < -0.4 is 10.5 Å². The van der Waals surface area contributed by atoms with Crippen molar-refractivity contribution >= 4 is 23.1 Å². The van der Waals surface area contributed by atoms with Gasteiger partial charge in [-0.05, 0) is 71.4 Å². The zero-order valence-electron chi connectivity index (χ0n) is 16.1. The zero-order chi connectivity index (χ0) is 19.3. The molecule has 0 aromatic heterocycles. The number of likely N-dealkylation sites (tertiary alicyclic amines) is 1. The number of amides is 1. The van der Waals surface area contributed by atoms with Crippen molar-refractivity contribution < 1.29 is 9.53 Å². The number of rotatable bonds is 6. The lowest BCUT2D eigenvalue weighted by molar-refractivity contribution is 0.0131. The maximum Gasteiger partial charge on any atom is 0.410 e. The average molecular weight is 369 g/mol. The third-order valence-corrected chi connectivity index (χ3v) is 4.50. The Labute approximate surface area is 156 Å². The maximum absolute atomic E-state index is 12.4. The molecule has 0 radical (unpaired) electrons. The molecule has 1 fully saturated rings. The molecule has 1 aliphatic heterocycles. The van der Waals surface area contributed by atoms with E-state index in [2.05, 4.69) is 37.3 Å². The molecule has 1 amide bonds. The number of aliphatic imine (C=N–C) groups is 1. The van der Waals surface area contributed by atoms with Crippen LogP contribution in [-0.2, 0) is 4.74 Å². The van der Waals surface area contributed by atoms with Gasteiger partial charge in [0.2, 0.25) is 0 Å². The van der Waals surface area contributed by atoms with E-state index in [1.165, 1.54) is 0 Å². The Kier molecular flexibility index (Phi) is 7.56. The van der Waals surface area contributed by atoms with E-state index in [0.29, 0.717) is 23.3 Å². The lowest BCUT2D eigenvalue weighted by Gasteiger charge is -2.33. The summed E-state index contributed by atoms with van der Waals surface area (Å²) in [7, 11) is 0. The Bertz CT molecular complexity index is 538. The number of hydrogen-bond acceptors (Lipinski definition) is 6. The molecular formula is C18H32N4O2S. The van der Waals surface area contributed by atoms with E-state index in [1.54, 1.807) is 6.08 Å². The maximum atomic E-state index is 12.4. The van der Waals surface area contributed by atoms with Crippen LogP contribution in [0.2, 0.25) is 0 Å². The molecule has 25 heavy (non-hydrogen) atoms. The zero-order valence-corrected chi connectivity index (χ0v) is 16.9. The molecule has 1 unspecified atom stereocenters. The highest BCUT2D eigenvalue weighted by Gasteiger charge is 2.42. The molecule has 0 spiro atoms. The molecule has 0 aliphatic carbocycles. The molecule has 7 heteroatoms. The van der Waals surface area contributed by atoms with Gasteiger partial charge in [-0.25, -0.2) is 9.79 Å². The van der Waals surface area contributed by atoms with Crippen molar-refractivity contribution in [2.75, 3.05) is 13.1 Å². The smallest absolute Gasteiger partial charge is 0.410 e. The van der Waals surface area contributed by atoms with Crippen molar-refractivity contribution in [2.24, 2.45) is 16.0 Å². The van der Waals surface area contributed by atoms with Crippen LogP contribution in [0.5, 0.6) is 0 Å². The number of carbonyl (C=O) groups is 1. The summed E-state index contributed by atoms with van der Waals surface area (Å²) in [6.07, 6.45) is 3.23. The summed E-state index contributed by atoms with van der Waals surface area (Å²) in [5.74, 6) is 0.976. The van der Waals surface area contributed by atoms with Crippen LogP contribution in [0.25, 0.3) is 0 Å². The van der Waals surface area contributed by atoms with Gasteiger partial charge in [0.1, 0.15) is 16.5 Å². The van der Waals surface area contributed by atoms with Gasteiger partial charge in [-0.3, -0.25) is 5.14 Å². The van der Waals surface area contributed by atoms with Crippen LogP contribution in [0.1, 0.15) is 47.5 Å². The van der Waals surface area contributed by atoms with E-state index >= 15 is 0 Å². The largest absolute Gasteiger partial charge is 0.444 e. The van der Waals surface area contributed by atoms with Gasteiger partial charge in [0.15, 0.2) is 0 Å². The summed E-state index contributed by atoms with van der Waals surface area (Å²) in [5.41, 5.74) is -0.680. The quantitative estimate of drug-likeness (QED) is 0.425. The lowest BCUT2D eigenvalue weighted by Crippen LogP contribution is -2.45. The van der Waals surface area contributed by atoms with Gasteiger partial charge in [0, 0.05) is 18.6 Å². The molecule has 142 valence electrons. The molecule has 0 saturated carbocycles. The summed E-state index contributed by atoms with van der Waals surface area (Å²) < 4.78 is 5.53. The van der Waals surface area contributed by atoms with E-state index in [9.17, 15) is 4.79 Å². The second-order valence-electron chi connectivity index (χ2n) is 7.91. The molecule has 1 heterocycles. The van der Waals surface area contributed by atoms with Crippen LogP contribution in [0.15, 0.2) is 30.0 Å². The van der Waals surface area contributed by atoms with E-state index < -0.39 is 5.60 Å². The minimum atomic E-state index is -0.480. The normalized spacial score (nSPS) is 20.3. The number of hydrogen-bond donors (Lipinski definition) is 2. The van der Waals surface area contributed by atoms with Crippen LogP contribution in [-0.4, -0.2) is 40.3 Å². The second-order valence-corrected chi connectivity index (χ2v) is 8.56. The van der Waals surface area contributed by atoms with Gasteiger partial charge in [-0.1, -0.05) is 13.2 Å². The Morgan fingerprint density at radius 1 is 1.52 bits per heavy atom. The highest BCUT2D eigenvalue weighted by Crippen LogP contribution is 2.35. The van der Waals surface area contributed by atoms with Gasteiger partial charge >= 0.3 is 6.09 Å². The minimum absolute atomic E-state index is 0.200. The molecule has 1 aliphatic rings. The molecule has 1 atom stereocenters. The van der Waals surface area contributed by atoms with Crippen LogP contribution in [0.4, 0.5) is 4.79 Å². The van der Waals surface area contributed by atoms with Gasteiger partial charge in [0.05, 0.1) is 0 Å². The van der Waals surface area contributed by atoms with Crippen molar-refractivity contribution in [3.05, 3.63) is 25.1 Å². The van der Waals surface area contributed by atoms with Gasteiger partial charge in [-0.15, -0.1) is 0 Å². The Morgan fingerprint density at radius 3 is 2.68 bits per heavy atom. The summed E-state index contributed by atoms with van der Waals surface area (Å²) in [6.45, 7) is 18.8. The lowest BCUT2D eigenvalue weighted by atomic mass is 9.94. The molecule has 1 rings (SSSR count). The molecule has 1 saturated heterocycles. The fourth-order valence-electron chi connectivity index (χ4n) is 2.93. The van der Waals surface area contributed by atoms with Crippen molar-refractivity contribution in [3.63, 3.8) is 0 Å². The van der Waals surface area contributed by atoms with Crippen LogP contribution in [0.3, 0.4) is 0 Å². The van der Waals surface area contributed by atoms with E-state index in [4.69, 9.17) is 9.88 Å². The average Bonchev–Trinajstić information content (AvgIpc) is 2.77. The number of nitrogens with zero attached hydrogens (tertiary/aromatic N) is 2. The number of nitrogens with two attached hydrogens (primary N) is 1. The summed E-state index contributed by atoms with van der Waals surface area (Å²) in [4.78, 5) is 18.5. The number of carbonyl (C=O) groups excluding carboxylic acids is 1. The van der Waals surface area contributed by atoms with Crippen molar-refractivity contribution in [1.82, 2.24) is 10.2 Å². The fourth-order valence-corrected chi connectivity index (χ4v) is 3.19. The third kappa shape index (κ3) is 7.12. The first-order valence-corrected chi connectivity index (χ1v) is 9.37.